The van der Waals surface area contributed by atoms with Crippen LogP contribution in [0, 0.1) is 17.4 Å². The molecule has 3 nitrogen and oxygen atoms in total. The van der Waals surface area contributed by atoms with E-state index in [2.05, 4.69) is 39.3 Å². The maximum absolute atomic E-state index is 11.9. The maximum Gasteiger partial charge on any atom is 0.323 e. The third-order valence-electron chi connectivity index (χ3n) is 2.60. The average molecular weight is 366 g/mol. The summed E-state index contributed by atoms with van der Waals surface area (Å²) in [5.74, 6) is 0. The predicted molar refractivity (Wildman–Crippen MR) is 87.7 cm³/mol. The predicted octanol–water partition coefficient (Wildman–Crippen LogP) is 4.55. The zero-order chi connectivity index (χ0) is 13.8. The van der Waals surface area contributed by atoms with Gasteiger partial charge >= 0.3 is 6.03 Å². The smallest absolute Gasteiger partial charge is 0.308 e. The number of amides is 2. The molecule has 2 rings (SSSR count). The molecule has 0 aromatic heterocycles. The molecule has 0 atom stereocenters. The molecule has 98 valence electrons. The lowest BCUT2D eigenvalue weighted by molar-refractivity contribution is 0.262. The minimum atomic E-state index is -0.228. The van der Waals surface area contributed by atoms with Gasteiger partial charge in [0.15, 0.2) is 0 Å². The largest absolute Gasteiger partial charge is 0.323 e. The molecule has 0 fully saturated rings. The lowest BCUT2D eigenvalue weighted by Crippen LogP contribution is -2.20. The number of hydrogen-bond acceptors (Lipinski definition) is 1. The molecule has 0 bridgehead atoms. The van der Waals surface area contributed by atoms with Gasteiger partial charge in [-0.1, -0.05) is 18.2 Å². The van der Waals surface area contributed by atoms with Crippen LogP contribution < -0.4 is 10.6 Å². The minimum Gasteiger partial charge on any atom is -0.308 e. The van der Waals surface area contributed by atoms with Crippen LogP contribution in [0.4, 0.5) is 16.2 Å². The Morgan fingerprint density at radius 3 is 2.26 bits per heavy atom. The zero-order valence-corrected chi connectivity index (χ0v) is 13.0. The highest BCUT2D eigenvalue weighted by molar-refractivity contribution is 14.1. The Labute approximate surface area is 126 Å². The fourth-order valence-corrected chi connectivity index (χ4v) is 2.42. The van der Waals surface area contributed by atoms with Crippen LogP contribution in [0.15, 0.2) is 42.5 Å². The van der Waals surface area contributed by atoms with Gasteiger partial charge in [0.2, 0.25) is 0 Å². The Morgan fingerprint density at radius 1 is 1.00 bits per heavy atom. The van der Waals surface area contributed by atoms with Crippen LogP contribution in [0.3, 0.4) is 0 Å². The third-order valence-corrected chi connectivity index (χ3v) is 3.54. The number of urea groups is 1. The van der Waals surface area contributed by atoms with Crippen LogP contribution in [-0.4, -0.2) is 6.03 Å². The monoisotopic (exact) mass is 366 g/mol. The van der Waals surface area contributed by atoms with Gasteiger partial charge in [0.1, 0.15) is 0 Å². The van der Waals surface area contributed by atoms with Crippen molar-refractivity contribution in [1.29, 1.82) is 0 Å². The Kier molecular flexibility index (Phi) is 4.42. The SMILES string of the molecule is Cc1cc(C)cc(NC(=O)Nc2ccccc2I)c1. The van der Waals surface area contributed by atoms with E-state index in [1.54, 1.807) is 0 Å². The quantitative estimate of drug-likeness (QED) is 0.753. The number of rotatable bonds is 2. The summed E-state index contributed by atoms with van der Waals surface area (Å²) < 4.78 is 1.01. The number of carbonyl (C=O) groups excluding carboxylic acids is 1. The van der Waals surface area contributed by atoms with Gasteiger partial charge in [-0.05, 0) is 71.8 Å². The van der Waals surface area contributed by atoms with Crippen LogP contribution in [0.25, 0.3) is 0 Å². The summed E-state index contributed by atoms with van der Waals surface area (Å²) in [6.45, 7) is 4.02. The molecule has 2 amide bonds. The molecule has 0 saturated heterocycles. The fourth-order valence-electron chi connectivity index (χ4n) is 1.89. The standard InChI is InChI=1S/C15H15IN2O/c1-10-7-11(2)9-12(8-10)17-15(19)18-14-6-4-3-5-13(14)16/h3-9H,1-2H3,(H2,17,18,19). The number of carbonyl (C=O) groups is 1. The number of aryl methyl sites for hydroxylation is 2. The highest BCUT2D eigenvalue weighted by atomic mass is 127. The van der Waals surface area contributed by atoms with E-state index in [4.69, 9.17) is 0 Å². The third kappa shape index (κ3) is 3.96. The molecule has 0 saturated carbocycles. The van der Waals surface area contributed by atoms with Gasteiger partial charge < -0.3 is 10.6 Å². The van der Waals surface area contributed by atoms with Crippen LogP contribution in [0.5, 0.6) is 0 Å². The molecule has 0 spiro atoms. The van der Waals surface area contributed by atoms with Crippen molar-refractivity contribution < 1.29 is 4.79 Å². The molecule has 2 aromatic rings. The lowest BCUT2D eigenvalue weighted by Gasteiger charge is -2.10. The van der Waals surface area contributed by atoms with Gasteiger partial charge in [-0.3, -0.25) is 0 Å². The van der Waals surface area contributed by atoms with Crippen molar-refractivity contribution in [1.82, 2.24) is 0 Å². The van der Waals surface area contributed by atoms with Crippen LogP contribution in [0.2, 0.25) is 0 Å². The summed E-state index contributed by atoms with van der Waals surface area (Å²) in [5.41, 5.74) is 3.88. The van der Waals surface area contributed by atoms with Gasteiger partial charge in [-0.25, -0.2) is 4.79 Å². The van der Waals surface area contributed by atoms with Crippen LogP contribution in [0.1, 0.15) is 11.1 Å². The van der Waals surface area contributed by atoms with Crippen molar-refractivity contribution in [3.63, 3.8) is 0 Å². The summed E-state index contributed by atoms with van der Waals surface area (Å²) in [6, 6.07) is 13.4. The van der Waals surface area contributed by atoms with Crippen molar-refractivity contribution in [2.24, 2.45) is 0 Å². The highest BCUT2D eigenvalue weighted by Crippen LogP contribution is 2.18. The average Bonchev–Trinajstić information content (AvgIpc) is 2.30. The summed E-state index contributed by atoms with van der Waals surface area (Å²) >= 11 is 2.19. The van der Waals surface area contributed by atoms with Crippen molar-refractivity contribution in [2.75, 3.05) is 10.6 Å². The van der Waals surface area contributed by atoms with E-state index in [0.717, 1.165) is 26.1 Å². The van der Waals surface area contributed by atoms with Crippen LogP contribution in [-0.2, 0) is 0 Å². The summed E-state index contributed by atoms with van der Waals surface area (Å²) in [6.07, 6.45) is 0. The number of nitrogens with one attached hydrogen (secondary N) is 2. The molecule has 0 radical (unpaired) electrons. The first-order chi connectivity index (χ1) is 9.04. The second-order valence-corrected chi connectivity index (χ2v) is 5.60. The van der Waals surface area contributed by atoms with Gasteiger partial charge in [-0.2, -0.15) is 0 Å². The summed E-state index contributed by atoms with van der Waals surface area (Å²) in [4.78, 5) is 11.9. The molecule has 19 heavy (non-hydrogen) atoms. The van der Waals surface area contributed by atoms with E-state index < -0.39 is 0 Å². The van der Waals surface area contributed by atoms with E-state index in [0.29, 0.717) is 0 Å². The van der Waals surface area contributed by atoms with Gasteiger partial charge in [-0.15, -0.1) is 0 Å². The molecule has 0 aliphatic heterocycles. The van der Waals surface area contributed by atoms with E-state index in [1.807, 2.05) is 50.2 Å². The van der Waals surface area contributed by atoms with E-state index in [9.17, 15) is 4.79 Å². The molecule has 0 aliphatic rings. The van der Waals surface area contributed by atoms with Crippen LogP contribution >= 0.6 is 22.6 Å². The van der Waals surface area contributed by atoms with E-state index in [-0.39, 0.29) is 6.03 Å². The van der Waals surface area contributed by atoms with E-state index >= 15 is 0 Å². The highest BCUT2D eigenvalue weighted by Gasteiger charge is 2.05. The number of benzene rings is 2. The Balaban J connectivity index is 2.07. The molecular formula is C15H15IN2O. The summed E-state index contributed by atoms with van der Waals surface area (Å²) in [5, 5.41) is 5.69. The number of halogens is 1. The number of anilines is 2. The van der Waals surface area contributed by atoms with Gasteiger partial charge in [0.05, 0.1) is 5.69 Å². The second-order valence-electron chi connectivity index (χ2n) is 4.44. The normalized spacial score (nSPS) is 10.1. The topological polar surface area (TPSA) is 41.1 Å². The number of para-hydroxylation sites is 1. The van der Waals surface area contributed by atoms with Crippen molar-refractivity contribution in [3.05, 3.63) is 57.2 Å². The molecule has 0 unspecified atom stereocenters. The Morgan fingerprint density at radius 2 is 1.63 bits per heavy atom. The maximum atomic E-state index is 11.9. The fraction of sp³-hybridized carbons (Fsp3) is 0.133. The second kappa shape index (κ2) is 6.06. The zero-order valence-electron chi connectivity index (χ0n) is 10.8. The molecule has 0 aliphatic carbocycles. The summed E-state index contributed by atoms with van der Waals surface area (Å²) in [7, 11) is 0. The lowest BCUT2D eigenvalue weighted by atomic mass is 10.1. The Hall–Kier alpha value is -1.56. The molecule has 2 N–H and O–H groups in total. The minimum absolute atomic E-state index is 0.228. The number of hydrogen-bond donors (Lipinski definition) is 2. The Bertz CT molecular complexity index is 591. The van der Waals surface area contributed by atoms with Crippen molar-refractivity contribution >= 4 is 40.0 Å². The molecule has 0 heterocycles. The molecule has 4 heteroatoms. The van der Waals surface area contributed by atoms with Gasteiger partial charge in [0, 0.05) is 9.26 Å². The van der Waals surface area contributed by atoms with E-state index in [1.165, 1.54) is 0 Å². The molecular weight excluding hydrogens is 351 g/mol. The van der Waals surface area contributed by atoms with Crippen molar-refractivity contribution in [2.45, 2.75) is 13.8 Å². The molecule has 2 aromatic carbocycles. The first-order valence-electron chi connectivity index (χ1n) is 5.95. The van der Waals surface area contributed by atoms with Gasteiger partial charge in [0.25, 0.3) is 0 Å². The van der Waals surface area contributed by atoms with Crippen molar-refractivity contribution in [3.8, 4) is 0 Å². The first kappa shape index (κ1) is 13.9. The first-order valence-corrected chi connectivity index (χ1v) is 7.03.